The van der Waals surface area contributed by atoms with E-state index in [1.807, 2.05) is 0 Å². The van der Waals surface area contributed by atoms with Gasteiger partial charge in [-0.1, -0.05) is 0 Å². The Kier molecular flexibility index (Phi) is 3.55. The molecule has 0 bridgehead atoms. The Morgan fingerprint density at radius 1 is 1.32 bits per heavy atom. The quantitative estimate of drug-likeness (QED) is 0.926. The van der Waals surface area contributed by atoms with Crippen LogP contribution in [0.25, 0.3) is 11.0 Å². The first-order chi connectivity index (χ1) is 10.3. The molecule has 0 radical (unpaired) electrons. The van der Waals surface area contributed by atoms with Gasteiger partial charge in [0.1, 0.15) is 0 Å². The van der Waals surface area contributed by atoms with Gasteiger partial charge in [-0.25, -0.2) is 4.79 Å². The van der Waals surface area contributed by atoms with Gasteiger partial charge in [-0.2, -0.15) is 13.2 Å². The minimum absolute atomic E-state index is 0.0906. The molecule has 1 aliphatic heterocycles. The number of fused-ring (bicyclic) bond motifs is 1. The molecule has 1 unspecified atom stereocenters. The van der Waals surface area contributed by atoms with Crippen molar-refractivity contribution < 1.29 is 13.2 Å². The molecular weight excluding hydrogens is 295 g/mol. The number of rotatable bonds is 2. The van der Waals surface area contributed by atoms with Gasteiger partial charge in [0.2, 0.25) is 0 Å². The van der Waals surface area contributed by atoms with Crippen molar-refractivity contribution in [2.45, 2.75) is 38.5 Å². The molecule has 0 amide bonds. The van der Waals surface area contributed by atoms with Crippen LogP contribution in [0.5, 0.6) is 0 Å². The molecule has 7 heteroatoms. The maximum absolute atomic E-state index is 12.9. The van der Waals surface area contributed by atoms with Gasteiger partial charge in [-0.15, -0.1) is 0 Å². The SMILES string of the molecule is CC(C)N1CCC(n2c(=O)[nH]c3ccc(C(F)(F)F)cc32)C1. The van der Waals surface area contributed by atoms with Crippen molar-refractivity contribution in [3.8, 4) is 0 Å². The summed E-state index contributed by atoms with van der Waals surface area (Å²) in [5.41, 5.74) is -0.298. The molecule has 120 valence electrons. The Balaban J connectivity index is 2.06. The molecule has 1 aromatic carbocycles. The van der Waals surface area contributed by atoms with Crippen LogP contribution >= 0.6 is 0 Å². The third-order valence-corrected chi connectivity index (χ3v) is 4.34. The summed E-state index contributed by atoms with van der Waals surface area (Å²) in [6.07, 6.45) is -3.65. The summed E-state index contributed by atoms with van der Waals surface area (Å²) in [6.45, 7) is 5.67. The van der Waals surface area contributed by atoms with Gasteiger partial charge >= 0.3 is 11.9 Å². The summed E-state index contributed by atoms with van der Waals surface area (Å²) >= 11 is 0. The second kappa shape index (κ2) is 5.15. The van der Waals surface area contributed by atoms with Crippen molar-refractivity contribution in [3.05, 3.63) is 34.2 Å². The van der Waals surface area contributed by atoms with Crippen LogP contribution in [0.15, 0.2) is 23.0 Å². The number of alkyl halides is 3. The van der Waals surface area contributed by atoms with Gasteiger partial charge in [0.25, 0.3) is 0 Å². The van der Waals surface area contributed by atoms with E-state index >= 15 is 0 Å². The number of halogens is 3. The second-order valence-corrected chi connectivity index (χ2v) is 6.06. The van der Waals surface area contributed by atoms with E-state index in [-0.39, 0.29) is 11.7 Å². The lowest BCUT2D eigenvalue weighted by Crippen LogP contribution is -2.30. The van der Waals surface area contributed by atoms with E-state index in [4.69, 9.17) is 0 Å². The molecule has 0 saturated carbocycles. The summed E-state index contributed by atoms with van der Waals surface area (Å²) in [7, 11) is 0. The highest BCUT2D eigenvalue weighted by Gasteiger charge is 2.32. The van der Waals surface area contributed by atoms with Crippen molar-refractivity contribution in [1.29, 1.82) is 0 Å². The van der Waals surface area contributed by atoms with Crippen LogP contribution in [-0.4, -0.2) is 33.6 Å². The lowest BCUT2D eigenvalue weighted by atomic mass is 10.1. The lowest BCUT2D eigenvalue weighted by Gasteiger charge is -2.20. The number of aromatic amines is 1. The number of H-pyrrole nitrogens is 1. The molecule has 0 aliphatic carbocycles. The van der Waals surface area contributed by atoms with E-state index in [9.17, 15) is 18.0 Å². The molecule has 1 atom stereocenters. The molecule has 2 heterocycles. The van der Waals surface area contributed by atoms with Crippen LogP contribution in [-0.2, 0) is 6.18 Å². The summed E-state index contributed by atoms with van der Waals surface area (Å²) in [4.78, 5) is 17.0. The first-order valence-electron chi connectivity index (χ1n) is 7.33. The fourth-order valence-corrected chi connectivity index (χ4v) is 3.11. The summed E-state index contributed by atoms with van der Waals surface area (Å²) in [5.74, 6) is 0. The van der Waals surface area contributed by atoms with Gasteiger partial charge in [0.15, 0.2) is 0 Å². The molecule has 4 nitrogen and oxygen atoms in total. The van der Waals surface area contributed by atoms with Gasteiger partial charge in [0, 0.05) is 19.1 Å². The molecule has 1 N–H and O–H groups in total. The molecule has 1 fully saturated rings. The molecule has 1 aliphatic rings. The topological polar surface area (TPSA) is 41.0 Å². The minimum atomic E-state index is -4.41. The number of imidazole rings is 1. The fraction of sp³-hybridized carbons (Fsp3) is 0.533. The van der Waals surface area contributed by atoms with Gasteiger partial charge < -0.3 is 4.98 Å². The van der Waals surface area contributed by atoms with Crippen molar-refractivity contribution in [2.24, 2.45) is 0 Å². The number of nitrogens with one attached hydrogen (secondary N) is 1. The molecular formula is C15H18F3N3O. The zero-order valence-corrected chi connectivity index (χ0v) is 12.4. The predicted molar refractivity (Wildman–Crippen MR) is 77.9 cm³/mol. The Hall–Kier alpha value is -1.76. The molecule has 1 aromatic heterocycles. The first kappa shape index (κ1) is 15.1. The van der Waals surface area contributed by atoms with Crippen molar-refractivity contribution in [2.75, 3.05) is 13.1 Å². The van der Waals surface area contributed by atoms with E-state index in [0.29, 0.717) is 23.6 Å². The van der Waals surface area contributed by atoms with Crippen LogP contribution in [0.2, 0.25) is 0 Å². The number of nitrogens with zero attached hydrogens (tertiary/aromatic N) is 2. The maximum Gasteiger partial charge on any atom is 0.416 e. The van der Waals surface area contributed by atoms with Crippen LogP contribution in [0.1, 0.15) is 31.9 Å². The lowest BCUT2D eigenvalue weighted by molar-refractivity contribution is -0.137. The van der Waals surface area contributed by atoms with Gasteiger partial charge in [-0.3, -0.25) is 9.47 Å². The largest absolute Gasteiger partial charge is 0.416 e. The van der Waals surface area contributed by atoms with Crippen LogP contribution in [0, 0.1) is 0 Å². The van der Waals surface area contributed by atoms with E-state index in [1.165, 1.54) is 10.6 Å². The molecule has 1 saturated heterocycles. The van der Waals surface area contributed by atoms with Crippen molar-refractivity contribution in [1.82, 2.24) is 14.5 Å². The standard InChI is InChI=1S/C15H18F3N3O/c1-9(2)20-6-5-11(8-20)21-13-7-10(15(16,17)18)3-4-12(13)19-14(21)22/h3-4,7,9,11H,5-6,8H2,1-2H3,(H,19,22). The smallest absolute Gasteiger partial charge is 0.306 e. The monoisotopic (exact) mass is 313 g/mol. The normalized spacial score (nSPS) is 20.4. The number of likely N-dealkylation sites (tertiary alicyclic amines) is 1. The maximum atomic E-state index is 12.9. The molecule has 0 spiro atoms. The number of hydrogen-bond donors (Lipinski definition) is 1. The fourth-order valence-electron chi connectivity index (χ4n) is 3.11. The zero-order chi connectivity index (χ0) is 16.1. The average molecular weight is 313 g/mol. The third-order valence-electron chi connectivity index (χ3n) is 4.34. The Morgan fingerprint density at radius 2 is 2.05 bits per heavy atom. The Morgan fingerprint density at radius 3 is 2.64 bits per heavy atom. The van der Waals surface area contributed by atoms with E-state index < -0.39 is 11.7 Å². The highest BCUT2D eigenvalue weighted by molar-refractivity contribution is 5.76. The van der Waals surface area contributed by atoms with Crippen LogP contribution in [0.3, 0.4) is 0 Å². The average Bonchev–Trinajstić information content (AvgIpc) is 2.99. The number of aromatic nitrogens is 2. The van der Waals surface area contributed by atoms with Gasteiger partial charge in [-0.05, 0) is 38.5 Å². The summed E-state index contributed by atoms with van der Waals surface area (Å²) in [6, 6.07) is 3.65. The zero-order valence-electron chi connectivity index (χ0n) is 12.4. The summed E-state index contributed by atoms with van der Waals surface area (Å²) < 4.78 is 40.2. The van der Waals surface area contributed by atoms with E-state index in [0.717, 1.165) is 25.1 Å². The Labute approximate surface area is 125 Å². The second-order valence-electron chi connectivity index (χ2n) is 6.06. The summed E-state index contributed by atoms with van der Waals surface area (Å²) in [5, 5.41) is 0. The van der Waals surface area contributed by atoms with Crippen LogP contribution < -0.4 is 5.69 Å². The van der Waals surface area contributed by atoms with Gasteiger partial charge in [0.05, 0.1) is 22.6 Å². The molecule has 22 heavy (non-hydrogen) atoms. The number of hydrogen-bond acceptors (Lipinski definition) is 2. The molecule has 2 aromatic rings. The predicted octanol–water partition coefficient (Wildman–Crippen LogP) is 3.00. The van der Waals surface area contributed by atoms with E-state index in [1.54, 1.807) is 0 Å². The van der Waals surface area contributed by atoms with Crippen LogP contribution in [0.4, 0.5) is 13.2 Å². The van der Waals surface area contributed by atoms with Crippen molar-refractivity contribution in [3.63, 3.8) is 0 Å². The highest BCUT2D eigenvalue weighted by Crippen LogP contribution is 2.32. The van der Waals surface area contributed by atoms with Crippen molar-refractivity contribution >= 4 is 11.0 Å². The Bertz CT molecular complexity index is 745. The number of benzene rings is 1. The van der Waals surface area contributed by atoms with E-state index in [2.05, 4.69) is 23.7 Å². The minimum Gasteiger partial charge on any atom is -0.306 e. The highest BCUT2D eigenvalue weighted by atomic mass is 19.4. The third kappa shape index (κ3) is 2.54. The molecule has 3 rings (SSSR count). The first-order valence-corrected chi connectivity index (χ1v) is 7.33.